The van der Waals surface area contributed by atoms with E-state index in [2.05, 4.69) is 10.3 Å². The van der Waals surface area contributed by atoms with Gasteiger partial charge in [0, 0.05) is 18.2 Å². The molecular formula is C17H18N2O4. The van der Waals surface area contributed by atoms with E-state index in [-0.39, 0.29) is 25.4 Å². The molecule has 1 aliphatic rings. The zero-order valence-corrected chi connectivity index (χ0v) is 12.6. The van der Waals surface area contributed by atoms with Crippen LogP contribution in [0.5, 0.6) is 0 Å². The van der Waals surface area contributed by atoms with E-state index >= 15 is 0 Å². The van der Waals surface area contributed by atoms with Crippen molar-refractivity contribution < 1.29 is 19.4 Å². The molecule has 1 aliphatic heterocycles. The average molecular weight is 314 g/mol. The van der Waals surface area contributed by atoms with Gasteiger partial charge in [0.25, 0.3) is 0 Å². The van der Waals surface area contributed by atoms with E-state index in [0.717, 1.165) is 16.5 Å². The number of benzene rings is 1. The maximum Gasteiger partial charge on any atom is 0.305 e. The maximum absolute atomic E-state index is 12.4. The second-order valence-electron chi connectivity index (χ2n) is 5.87. The third-order valence-electron chi connectivity index (χ3n) is 4.06. The summed E-state index contributed by atoms with van der Waals surface area (Å²) in [5, 5.41) is 12.9. The Morgan fingerprint density at radius 1 is 1.30 bits per heavy atom. The molecule has 0 radical (unpaired) electrons. The number of aromatic nitrogens is 1. The standard InChI is InChI=1S/C17H18N2O4/c20-14(19-17(10-15(21)22)6-8-23-11-17)9-13-4-1-3-12-5-2-7-18-16(12)13/h1-5,7H,6,8-11H2,(H,19,20)(H,21,22). The molecular weight excluding hydrogens is 296 g/mol. The van der Waals surface area contributed by atoms with Gasteiger partial charge in [-0.25, -0.2) is 0 Å². The lowest BCUT2D eigenvalue weighted by Gasteiger charge is -2.27. The van der Waals surface area contributed by atoms with Crippen molar-refractivity contribution >= 4 is 22.8 Å². The third-order valence-corrected chi connectivity index (χ3v) is 4.06. The number of nitrogens with zero attached hydrogens (tertiary/aromatic N) is 1. The Morgan fingerprint density at radius 2 is 2.13 bits per heavy atom. The lowest BCUT2D eigenvalue weighted by molar-refractivity contribution is -0.139. The van der Waals surface area contributed by atoms with Crippen molar-refractivity contribution in [3.63, 3.8) is 0 Å². The van der Waals surface area contributed by atoms with E-state index in [1.54, 1.807) is 6.20 Å². The van der Waals surface area contributed by atoms with Crippen LogP contribution in [0.15, 0.2) is 36.5 Å². The molecule has 0 aliphatic carbocycles. The lowest BCUT2D eigenvalue weighted by atomic mass is 9.93. The molecule has 2 N–H and O–H groups in total. The van der Waals surface area contributed by atoms with Crippen molar-refractivity contribution in [1.29, 1.82) is 0 Å². The zero-order valence-electron chi connectivity index (χ0n) is 12.6. The van der Waals surface area contributed by atoms with Gasteiger partial charge in [0.1, 0.15) is 0 Å². The summed E-state index contributed by atoms with van der Waals surface area (Å²) < 4.78 is 5.29. The first-order valence-electron chi connectivity index (χ1n) is 7.51. The third kappa shape index (κ3) is 3.48. The highest BCUT2D eigenvalue weighted by atomic mass is 16.5. The summed E-state index contributed by atoms with van der Waals surface area (Å²) in [6, 6.07) is 9.49. The molecule has 2 heterocycles. The predicted octanol–water partition coefficient (Wildman–Crippen LogP) is 1.53. The van der Waals surface area contributed by atoms with Crippen LogP contribution in [0.3, 0.4) is 0 Å². The Labute approximate surface area is 133 Å². The smallest absolute Gasteiger partial charge is 0.305 e. The first kappa shape index (κ1) is 15.4. The molecule has 1 aromatic carbocycles. The SMILES string of the molecule is O=C(O)CC1(NC(=O)Cc2cccc3cccnc23)CCOC1. The van der Waals surface area contributed by atoms with Crippen molar-refractivity contribution in [3.8, 4) is 0 Å². The van der Waals surface area contributed by atoms with Gasteiger partial charge in [-0.15, -0.1) is 0 Å². The van der Waals surface area contributed by atoms with Crippen molar-refractivity contribution in [3.05, 3.63) is 42.1 Å². The summed E-state index contributed by atoms with van der Waals surface area (Å²) in [4.78, 5) is 27.8. The van der Waals surface area contributed by atoms with Gasteiger partial charge in [-0.3, -0.25) is 14.6 Å². The lowest BCUT2D eigenvalue weighted by Crippen LogP contribution is -2.51. The van der Waals surface area contributed by atoms with E-state index in [1.165, 1.54) is 0 Å². The van der Waals surface area contributed by atoms with Crippen LogP contribution in [-0.4, -0.2) is 40.7 Å². The molecule has 1 atom stereocenters. The number of carboxylic acid groups (broad SMARTS) is 1. The number of hydrogen-bond acceptors (Lipinski definition) is 4. The summed E-state index contributed by atoms with van der Waals surface area (Å²) in [7, 11) is 0. The number of ether oxygens (including phenoxy) is 1. The normalized spacial score (nSPS) is 20.5. The van der Waals surface area contributed by atoms with E-state index in [4.69, 9.17) is 9.84 Å². The highest BCUT2D eigenvalue weighted by Gasteiger charge is 2.38. The van der Waals surface area contributed by atoms with Gasteiger partial charge in [0.05, 0.1) is 30.5 Å². The number of carbonyl (C=O) groups is 2. The number of hydrogen-bond donors (Lipinski definition) is 2. The molecule has 6 heteroatoms. The first-order chi connectivity index (χ1) is 11.1. The molecule has 3 rings (SSSR count). The van der Waals surface area contributed by atoms with Gasteiger partial charge in [0.2, 0.25) is 5.91 Å². The largest absolute Gasteiger partial charge is 0.481 e. The van der Waals surface area contributed by atoms with Gasteiger partial charge in [0.15, 0.2) is 0 Å². The van der Waals surface area contributed by atoms with Crippen LogP contribution in [0.25, 0.3) is 10.9 Å². The Balaban J connectivity index is 1.77. The predicted molar refractivity (Wildman–Crippen MR) is 84.0 cm³/mol. The Kier molecular flexibility index (Phi) is 4.25. The van der Waals surface area contributed by atoms with Crippen molar-refractivity contribution in [1.82, 2.24) is 10.3 Å². The van der Waals surface area contributed by atoms with E-state index < -0.39 is 11.5 Å². The number of para-hydroxylation sites is 1. The monoisotopic (exact) mass is 314 g/mol. The van der Waals surface area contributed by atoms with Gasteiger partial charge in [-0.05, 0) is 18.1 Å². The van der Waals surface area contributed by atoms with Crippen LogP contribution < -0.4 is 5.32 Å². The van der Waals surface area contributed by atoms with Crippen LogP contribution in [-0.2, 0) is 20.7 Å². The Morgan fingerprint density at radius 3 is 2.87 bits per heavy atom. The summed E-state index contributed by atoms with van der Waals surface area (Å²) in [6.07, 6.45) is 2.24. The van der Waals surface area contributed by atoms with Crippen LogP contribution in [0.2, 0.25) is 0 Å². The van der Waals surface area contributed by atoms with E-state index in [0.29, 0.717) is 13.0 Å². The molecule has 1 aromatic heterocycles. The number of aliphatic carboxylic acids is 1. The van der Waals surface area contributed by atoms with Crippen molar-refractivity contribution in [2.75, 3.05) is 13.2 Å². The number of pyridine rings is 1. The van der Waals surface area contributed by atoms with Crippen LogP contribution >= 0.6 is 0 Å². The van der Waals surface area contributed by atoms with Crippen LogP contribution in [0.4, 0.5) is 0 Å². The fraction of sp³-hybridized carbons (Fsp3) is 0.353. The number of nitrogens with one attached hydrogen (secondary N) is 1. The Bertz CT molecular complexity index is 733. The molecule has 2 aromatic rings. The number of carbonyl (C=O) groups excluding carboxylic acids is 1. The number of fused-ring (bicyclic) bond motifs is 1. The molecule has 0 bridgehead atoms. The fourth-order valence-electron chi connectivity index (χ4n) is 3.00. The minimum Gasteiger partial charge on any atom is -0.481 e. The minimum absolute atomic E-state index is 0.132. The number of rotatable bonds is 5. The van der Waals surface area contributed by atoms with Gasteiger partial charge < -0.3 is 15.2 Å². The highest BCUT2D eigenvalue weighted by Crippen LogP contribution is 2.23. The average Bonchev–Trinajstić information content (AvgIpc) is 2.94. The molecule has 1 amide bonds. The van der Waals surface area contributed by atoms with E-state index in [9.17, 15) is 9.59 Å². The van der Waals surface area contributed by atoms with Crippen molar-refractivity contribution in [2.24, 2.45) is 0 Å². The highest BCUT2D eigenvalue weighted by molar-refractivity contribution is 5.88. The molecule has 1 unspecified atom stereocenters. The van der Waals surface area contributed by atoms with Crippen molar-refractivity contribution in [2.45, 2.75) is 24.8 Å². The molecule has 1 fully saturated rings. The summed E-state index contributed by atoms with van der Waals surface area (Å²) in [5.41, 5.74) is 0.811. The maximum atomic E-state index is 12.4. The molecule has 120 valence electrons. The van der Waals surface area contributed by atoms with Crippen LogP contribution in [0, 0.1) is 0 Å². The topological polar surface area (TPSA) is 88.5 Å². The zero-order chi connectivity index (χ0) is 16.3. The fourth-order valence-corrected chi connectivity index (χ4v) is 3.00. The summed E-state index contributed by atoms with van der Waals surface area (Å²) >= 11 is 0. The van der Waals surface area contributed by atoms with Crippen LogP contribution in [0.1, 0.15) is 18.4 Å². The number of carboxylic acids is 1. The summed E-state index contributed by atoms with van der Waals surface area (Å²) in [6.45, 7) is 0.697. The van der Waals surface area contributed by atoms with Gasteiger partial charge >= 0.3 is 5.97 Å². The second-order valence-corrected chi connectivity index (χ2v) is 5.87. The summed E-state index contributed by atoms with van der Waals surface area (Å²) in [5.74, 6) is -1.16. The second kappa shape index (κ2) is 6.34. The molecule has 0 saturated carbocycles. The molecule has 0 spiro atoms. The molecule has 1 saturated heterocycles. The van der Waals surface area contributed by atoms with Gasteiger partial charge in [-0.2, -0.15) is 0 Å². The van der Waals surface area contributed by atoms with E-state index in [1.807, 2.05) is 30.3 Å². The Hall–Kier alpha value is -2.47. The molecule has 6 nitrogen and oxygen atoms in total. The van der Waals surface area contributed by atoms with Gasteiger partial charge in [-0.1, -0.05) is 24.3 Å². The quantitative estimate of drug-likeness (QED) is 0.873. The minimum atomic E-state index is -0.942. The molecule has 23 heavy (non-hydrogen) atoms. The number of amides is 1. The first-order valence-corrected chi connectivity index (χ1v) is 7.51.